The van der Waals surface area contributed by atoms with Crippen LogP contribution in [0.5, 0.6) is 23.0 Å². The van der Waals surface area contributed by atoms with Crippen molar-refractivity contribution in [2.45, 2.75) is 13.3 Å². The Bertz CT molecular complexity index is 1170. The summed E-state index contributed by atoms with van der Waals surface area (Å²) in [5.74, 6) is 2.47. The minimum Gasteiger partial charge on any atom is -0.493 e. The van der Waals surface area contributed by atoms with Gasteiger partial charge in [0.1, 0.15) is 0 Å². The van der Waals surface area contributed by atoms with Gasteiger partial charge in [-0.1, -0.05) is 19.1 Å². The Morgan fingerprint density at radius 3 is 1.61 bits per heavy atom. The largest absolute Gasteiger partial charge is 0.493 e. The summed E-state index contributed by atoms with van der Waals surface area (Å²) in [5, 5.41) is 11.2. The average Bonchev–Trinajstić information content (AvgIpc) is 2.86. The molecule has 3 rings (SSSR count). The maximum absolute atomic E-state index is 11.2. The summed E-state index contributed by atoms with van der Waals surface area (Å²) in [6, 6.07) is 18.0. The summed E-state index contributed by atoms with van der Waals surface area (Å²) in [6.07, 6.45) is 0.705. The van der Waals surface area contributed by atoms with Gasteiger partial charge < -0.3 is 18.9 Å². The first-order valence-electron chi connectivity index (χ1n) is 10.4. The standard InChI is InChI=1S/C26H27NO6/c1-6-21(18-9-13-22(30-2)24(15-18)32-4)26(17-7-11-20(12-8-17)27(28)29)19-10-14-23(31-3)25(16-19)33-5/h7-16H,6H2,1-5H3/b26-21-. The van der Waals surface area contributed by atoms with Gasteiger partial charge in [-0.15, -0.1) is 0 Å². The van der Waals surface area contributed by atoms with Crippen molar-refractivity contribution >= 4 is 16.8 Å². The van der Waals surface area contributed by atoms with Crippen molar-refractivity contribution in [3.63, 3.8) is 0 Å². The third kappa shape index (κ3) is 4.92. The van der Waals surface area contributed by atoms with Crippen LogP contribution in [0.15, 0.2) is 60.7 Å². The number of nitrogens with zero attached hydrogens (tertiary/aromatic N) is 1. The van der Waals surface area contributed by atoms with Gasteiger partial charge in [-0.3, -0.25) is 10.1 Å². The predicted molar refractivity (Wildman–Crippen MR) is 128 cm³/mol. The van der Waals surface area contributed by atoms with Crippen molar-refractivity contribution in [3.05, 3.63) is 87.5 Å². The SMILES string of the molecule is CC/C(=C(\c1ccc([N+](=O)[O-])cc1)c1ccc(OC)c(OC)c1)c1ccc(OC)c(OC)c1. The molecule has 0 fully saturated rings. The Labute approximate surface area is 193 Å². The Morgan fingerprint density at radius 2 is 1.15 bits per heavy atom. The highest BCUT2D eigenvalue weighted by Crippen LogP contribution is 2.40. The zero-order valence-corrected chi connectivity index (χ0v) is 19.4. The average molecular weight is 450 g/mol. The van der Waals surface area contributed by atoms with E-state index in [0.717, 1.165) is 27.8 Å². The first-order valence-corrected chi connectivity index (χ1v) is 10.4. The van der Waals surface area contributed by atoms with E-state index in [1.807, 2.05) is 36.4 Å². The van der Waals surface area contributed by atoms with Crippen molar-refractivity contribution in [1.29, 1.82) is 0 Å². The van der Waals surface area contributed by atoms with Gasteiger partial charge >= 0.3 is 0 Å². The summed E-state index contributed by atoms with van der Waals surface area (Å²) in [4.78, 5) is 10.8. The topological polar surface area (TPSA) is 80.1 Å². The number of non-ortho nitro benzene ring substituents is 1. The highest BCUT2D eigenvalue weighted by molar-refractivity contribution is 5.99. The van der Waals surface area contributed by atoms with Crippen molar-refractivity contribution in [1.82, 2.24) is 0 Å². The van der Waals surface area contributed by atoms with Gasteiger partial charge in [0.05, 0.1) is 33.4 Å². The molecule has 0 unspecified atom stereocenters. The van der Waals surface area contributed by atoms with Crippen LogP contribution in [0.4, 0.5) is 5.69 Å². The number of nitro benzene ring substituents is 1. The molecule has 0 aliphatic rings. The van der Waals surface area contributed by atoms with Crippen LogP contribution >= 0.6 is 0 Å². The summed E-state index contributed by atoms with van der Waals surface area (Å²) in [5.41, 5.74) is 4.71. The van der Waals surface area contributed by atoms with Crippen LogP contribution in [0.1, 0.15) is 30.0 Å². The third-order valence-corrected chi connectivity index (χ3v) is 5.43. The Kier molecular flexibility index (Phi) is 7.56. The molecule has 7 nitrogen and oxygen atoms in total. The third-order valence-electron chi connectivity index (χ3n) is 5.43. The van der Waals surface area contributed by atoms with Crippen molar-refractivity contribution in [2.24, 2.45) is 0 Å². The summed E-state index contributed by atoms with van der Waals surface area (Å²) in [7, 11) is 6.38. The van der Waals surface area contributed by atoms with E-state index < -0.39 is 4.92 Å². The van der Waals surface area contributed by atoms with E-state index in [9.17, 15) is 10.1 Å². The van der Waals surface area contributed by atoms with Gasteiger partial charge in [-0.2, -0.15) is 0 Å². The van der Waals surface area contributed by atoms with Crippen molar-refractivity contribution < 1.29 is 23.9 Å². The molecule has 0 saturated heterocycles. The number of methoxy groups -OCH3 is 4. The molecule has 172 valence electrons. The summed E-state index contributed by atoms with van der Waals surface area (Å²) < 4.78 is 21.8. The van der Waals surface area contributed by atoms with E-state index in [-0.39, 0.29) is 5.69 Å². The second kappa shape index (κ2) is 10.5. The molecule has 0 spiro atoms. The Morgan fingerprint density at radius 1 is 0.697 bits per heavy atom. The number of allylic oxidation sites excluding steroid dienone is 1. The van der Waals surface area contributed by atoms with Gasteiger partial charge in [0.25, 0.3) is 5.69 Å². The molecule has 0 bridgehead atoms. The molecule has 0 N–H and O–H groups in total. The lowest BCUT2D eigenvalue weighted by atomic mass is 9.88. The lowest BCUT2D eigenvalue weighted by Crippen LogP contribution is -1.99. The van der Waals surface area contributed by atoms with Gasteiger partial charge in [-0.25, -0.2) is 0 Å². The molecule has 3 aromatic rings. The van der Waals surface area contributed by atoms with Crippen LogP contribution in [-0.4, -0.2) is 33.4 Å². The molecule has 0 saturated carbocycles. The molecular weight excluding hydrogens is 422 g/mol. The fourth-order valence-electron chi connectivity index (χ4n) is 3.81. The fraction of sp³-hybridized carbons (Fsp3) is 0.231. The summed E-state index contributed by atoms with van der Waals surface area (Å²) >= 11 is 0. The number of rotatable bonds is 9. The van der Waals surface area contributed by atoms with Crippen LogP contribution in [0, 0.1) is 10.1 Å². The molecule has 3 aromatic carbocycles. The molecule has 0 amide bonds. The minimum atomic E-state index is -0.404. The Hall–Kier alpha value is -4.00. The number of benzene rings is 3. The molecule has 0 heterocycles. The molecule has 0 aromatic heterocycles. The minimum absolute atomic E-state index is 0.0366. The smallest absolute Gasteiger partial charge is 0.269 e. The van der Waals surface area contributed by atoms with Crippen LogP contribution in [0.25, 0.3) is 11.1 Å². The van der Waals surface area contributed by atoms with Gasteiger partial charge in [0, 0.05) is 12.1 Å². The van der Waals surface area contributed by atoms with Crippen molar-refractivity contribution in [2.75, 3.05) is 28.4 Å². The second-order valence-electron chi connectivity index (χ2n) is 7.15. The highest BCUT2D eigenvalue weighted by atomic mass is 16.6. The van der Waals surface area contributed by atoms with Gasteiger partial charge in [-0.05, 0) is 70.7 Å². The first-order chi connectivity index (χ1) is 16.0. The predicted octanol–water partition coefficient (Wildman–Crippen LogP) is 6.00. The Balaban J connectivity index is 2.31. The van der Waals surface area contributed by atoms with E-state index in [1.165, 1.54) is 12.1 Å². The van der Waals surface area contributed by atoms with Crippen LogP contribution < -0.4 is 18.9 Å². The molecular formula is C26H27NO6. The molecule has 0 atom stereocenters. The van der Waals surface area contributed by atoms with Crippen molar-refractivity contribution in [3.8, 4) is 23.0 Å². The summed E-state index contributed by atoms with van der Waals surface area (Å²) in [6.45, 7) is 2.07. The number of ether oxygens (including phenoxy) is 4. The number of hydrogen-bond acceptors (Lipinski definition) is 6. The zero-order chi connectivity index (χ0) is 24.0. The fourth-order valence-corrected chi connectivity index (χ4v) is 3.81. The van der Waals surface area contributed by atoms with E-state index in [1.54, 1.807) is 40.6 Å². The van der Waals surface area contributed by atoms with E-state index >= 15 is 0 Å². The second-order valence-corrected chi connectivity index (χ2v) is 7.15. The maximum atomic E-state index is 11.2. The van der Waals surface area contributed by atoms with E-state index in [2.05, 4.69) is 6.92 Å². The number of nitro groups is 1. The molecule has 0 radical (unpaired) electrons. The van der Waals surface area contributed by atoms with Crippen LogP contribution in [0.3, 0.4) is 0 Å². The first kappa shape index (κ1) is 23.7. The van der Waals surface area contributed by atoms with Crippen LogP contribution in [0.2, 0.25) is 0 Å². The highest BCUT2D eigenvalue weighted by Gasteiger charge is 2.18. The monoisotopic (exact) mass is 449 g/mol. The number of hydrogen-bond donors (Lipinski definition) is 0. The lowest BCUT2D eigenvalue weighted by Gasteiger charge is -2.19. The van der Waals surface area contributed by atoms with Crippen LogP contribution in [-0.2, 0) is 0 Å². The maximum Gasteiger partial charge on any atom is 0.269 e. The van der Waals surface area contributed by atoms with Gasteiger partial charge in [0.2, 0.25) is 0 Å². The lowest BCUT2D eigenvalue weighted by molar-refractivity contribution is -0.384. The quantitative estimate of drug-likeness (QED) is 0.226. The molecule has 33 heavy (non-hydrogen) atoms. The molecule has 7 heteroatoms. The molecule has 0 aliphatic carbocycles. The van der Waals surface area contributed by atoms with Gasteiger partial charge in [0.15, 0.2) is 23.0 Å². The molecule has 0 aliphatic heterocycles. The normalized spacial score (nSPS) is 11.4. The van der Waals surface area contributed by atoms with E-state index in [0.29, 0.717) is 29.4 Å². The zero-order valence-electron chi connectivity index (χ0n) is 19.4. The van der Waals surface area contributed by atoms with E-state index in [4.69, 9.17) is 18.9 Å².